The molecular formula is C14H16N4O. The van der Waals surface area contributed by atoms with Crippen LogP contribution >= 0.6 is 0 Å². The van der Waals surface area contributed by atoms with Gasteiger partial charge in [-0.1, -0.05) is 17.2 Å². The number of anilines is 1. The van der Waals surface area contributed by atoms with Gasteiger partial charge in [0.2, 0.25) is 0 Å². The maximum Gasteiger partial charge on any atom is 0.102 e. The number of nitrogens with one attached hydrogen (secondary N) is 1. The molecule has 98 valence electrons. The highest BCUT2D eigenvalue weighted by molar-refractivity contribution is 5.49. The molecule has 1 heterocycles. The minimum atomic E-state index is 0.159. The van der Waals surface area contributed by atoms with Gasteiger partial charge in [0, 0.05) is 24.4 Å². The maximum absolute atomic E-state index is 8.75. The summed E-state index contributed by atoms with van der Waals surface area (Å²) in [6, 6.07) is 7.67. The quantitative estimate of drug-likeness (QED) is 0.764. The van der Waals surface area contributed by atoms with Gasteiger partial charge in [-0.2, -0.15) is 0 Å². The lowest BCUT2D eigenvalue weighted by atomic mass is 10.2. The molecule has 0 amide bonds. The number of rotatable bonds is 6. The van der Waals surface area contributed by atoms with Crippen LogP contribution in [-0.2, 0) is 13.1 Å². The minimum absolute atomic E-state index is 0.159. The Morgan fingerprint density at radius 2 is 2.32 bits per heavy atom. The smallest absolute Gasteiger partial charge is 0.102 e. The molecule has 5 heteroatoms. The van der Waals surface area contributed by atoms with Crippen molar-refractivity contribution in [1.82, 2.24) is 15.0 Å². The van der Waals surface area contributed by atoms with E-state index in [1.54, 1.807) is 4.68 Å². The SMILES string of the molecule is C#Cc1cccc(NCc2cn(CCCO)nn2)c1. The van der Waals surface area contributed by atoms with Crippen LogP contribution in [0.1, 0.15) is 17.7 Å². The zero-order valence-corrected chi connectivity index (χ0v) is 10.6. The molecule has 1 aromatic carbocycles. The van der Waals surface area contributed by atoms with Gasteiger partial charge < -0.3 is 10.4 Å². The Morgan fingerprint density at radius 1 is 1.42 bits per heavy atom. The van der Waals surface area contributed by atoms with Crippen LogP contribution in [0.4, 0.5) is 5.69 Å². The Kier molecular flexibility index (Phi) is 4.54. The van der Waals surface area contributed by atoms with Crippen molar-refractivity contribution in [2.24, 2.45) is 0 Å². The normalized spacial score (nSPS) is 10.1. The largest absolute Gasteiger partial charge is 0.396 e. The van der Waals surface area contributed by atoms with Crippen LogP contribution < -0.4 is 5.32 Å². The predicted octanol–water partition coefficient (Wildman–Crippen LogP) is 1.25. The third-order valence-corrected chi connectivity index (χ3v) is 2.63. The molecule has 0 saturated heterocycles. The summed E-state index contributed by atoms with van der Waals surface area (Å²) in [6.45, 7) is 1.43. The van der Waals surface area contributed by atoms with Crippen molar-refractivity contribution in [2.45, 2.75) is 19.5 Å². The third kappa shape index (κ3) is 3.83. The van der Waals surface area contributed by atoms with E-state index in [2.05, 4.69) is 21.5 Å². The second-order valence-electron chi connectivity index (χ2n) is 4.13. The standard InChI is InChI=1S/C14H16N4O/c1-2-12-5-3-6-13(9-12)15-10-14-11-18(17-16-14)7-4-8-19/h1,3,5-6,9,11,15,19H,4,7-8,10H2. The maximum atomic E-state index is 8.75. The highest BCUT2D eigenvalue weighted by Gasteiger charge is 2.01. The molecule has 0 saturated carbocycles. The van der Waals surface area contributed by atoms with E-state index in [0.717, 1.165) is 16.9 Å². The van der Waals surface area contributed by atoms with Crippen LogP contribution in [0.25, 0.3) is 0 Å². The summed E-state index contributed by atoms with van der Waals surface area (Å²) in [5.41, 5.74) is 2.65. The van der Waals surface area contributed by atoms with Crippen molar-refractivity contribution in [3.05, 3.63) is 41.7 Å². The molecular weight excluding hydrogens is 240 g/mol. The fourth-order valence-corrected chi connectivity index (χ4v) is 1.67. The monoisotopic (exact) mass is 256 g/mol. The Labute approximate surface area is 112 Å². The average molecular weight is 256 g/mol. The van der Waals surface area contributed by atoms with Gasteiger partial charge >= 0.3 is 0 Å². The van der Waals surface area contributed by atoms with E-state index in [4.69, 9.17) is 11.5 Å². The van der Waals surface area contributed by atoms with Crippen molar-refractivity contribution in [3.63, 3.8) is 0 Å². The molecule has 0 aliphatic rings. The predicted molar refractivity (Wildman–Crippen MR) is 73.4 cm³/mol. The first-order valence-corrected chi connectivity index (χ1v) is 6.12. The van der Waals surface area contributed by atoms with Crippen molar-refractivity contribution in [2.75, 3.05) is 11.9 Å². The molecule has 5 nitrogen and oxygen atoms in total. The molecule has 2 N–H and O–H groups in total. The van der Waals surface area contributed by atoms with E-state index in [-0.39, 0.29) is 6.61 Å². The van der Waals surface area contributed by atoms with Gasteiger partial charge in [0.25, 0.3) is 0 Å². The van der Waals surface area contributed by atoms with E-state index in [9.17, 15) is 0 Å². The van der Waals surface area contributed by atoms with Crippen LogP contribution in [0.15, 0.2) is 30.5 Å². The summed E-state index contributed by atoms with van der Waals surface area (Å²) in [7, 11) is 0. The first-order chi connectivity index (χ1) is 9.31. The Morgan fingerprint density at radius 3 is 3.11 bits per heavy atom. The summed E-state index contributed by atoms with van der Waals surface area (Å²) in [5, 5.41) is 20.0. The first-order valence-electron chi connectivity index (χ1n) is 6.12. The summed E-state index contributed by atoms with van der Waals surface area (Å²) in [6.07, 6.45) is 7.90. The van der Waals surface area contributed by atoms with Gasteiger partial charge in [0.05, 0.1) is 12.7 Å². The summed E-state index contributed by atoms with van der Waals surface area (Å²) in [4.78, 5) is 0. The number of terminal acetylenes is 1. The Bertz CT molecular complexity index is 571. The molecule has 2 rings (SSSR count). The summed E-state index contributed by atoms with van der Waals surface area (Å²) < 4.78 is 1.73. The van der Waals surface area contributed by atoms with Crippen LogP contribution in [0, 0.1) is 12.3 Å². The van der Waals surface area contributed by atoms with Crippen molar-refractivity contribution in [1.29, 1.82) is 0 Å². The molecule has 0 aliphatic carbocycles. The fourth-order valence-electron chi connectivity index (χ4n) is 1.67. The van der Waals surface area contributed by atoms with Crippen molar-refractivity contribution < 1.29 is 5.11 Å². The van der Waals surface area contributed by atoms with E-state index in [1.165, 1.54) is 0 Å². The number of aromatic nitrogens is 3. The lowest BCUT2D eigenvalue weighted by Gasteiger charge is -2.04. The van der Waals surface area contributed by atoms with Gasteiger partial charge in [0.15, 0.2) is 0 Å². The van der Waals surface area contributed by atoms with Crippen molar-refractivity contribution in [3.8, 4) is 12.3 Å². The molecule has 0 bridgehead atoms. The van der Waals surface area contributed by atoms with Crippen molar-refractivity contribution >= 4 is 5.69 Å². The highest BCUT2D eigenvalue weighted by Crippen LogP contribution is 2.10. The first kappa shape index (κ1) is 13.1. The van der Waals surface area contributed by atoms with E-state index in [1.807, 2.05) is 30.5 Å². The fraction of sp³-hybridized carbons (Fsp3) is 0.286. The van der Waals surface area contributed by atoms with E-state index < -0.39 is 0 Å². The van der Waals surface area contributed by atoms with Crippen LogP contribution in [0.2, 0.25) is 0 Å². The number of hydrogen-bond acceptors (Lipinski definition) is 4. The molecule has 0 radical (unpaired) electrons. The van der Waals surface area contributed by atoms with Gasteiger partial charge in [-0.25, -0.2) is 0 Å². The molecule has 1 aromatic heterocycles. The molecule has 19 heavy (non-hydrogen) atoms. The molecule has 2 aromatic rings. The van der Waals surface area contributed by atoms with Crippen LogP contribution in [0.3, 0.4) is 0 Å². The Balaban J connectivity index is 1.91. The van der Waals surface area contributed by atoms with Gasteiger partial charge in [-0.15, -0.1) is 11.5 Å². The molecule has 0 spiro atoms. The van der Waals surface area contributed by atoms with Gasteiger partial charge in [-0.05, 0) is 24.6 Å². The number of nitrogens with zero attached hydrogens (tertiary/aromatic N) is 3. The minimum Gasteiger partial charge on any atom is -0.396 e. The number of benzene rings is 1. The lowest BCUT2D eigenvalue weighted by Crippen LogP contribution is -2.01. The molecule has 0 aliphatic heterocycles. The summed E-state index contributed by atoms with van der Waals surface area (Å²) >= 11 is 0. The molecule has 0 atom stereocenters. The van der Waals surface area contributed by atoms with Gasteiger partial charge in [-0.3, -0.25) is 4.68 Å². The number of hydrogen-bond donors (Lipinski definition) is 2. The molecule has 0 fully saturated rings. The van der Waals surface area contributed by atoms with E-state index >= 15 is 0 Å². The average Bonchev–Trinajstić information content (AvgIpc) is 2.91. The van der Waals surface area contributed by atoms with Crippen LogP contribution in [0.5, 0.6) is 0 Å². The topological polar surface area (TPSA) is 63.0 Å². The van der Waals surface area contributed by atoms with Gasteiger partial charge in [0.1, 0.15) is 5.69 Å². The highest BCUT2D eigenvalue weighted by atomic mass is 16.3. The van der Waals surface area contributed by atoms with Crippen LogP contribution in [-0.4, -0.2) is 26.7 Å². The lowest BCUT2D eigenvalue weighted by molar-refractivity contribution is 0.276. The van der Waals surface area contributed by atoms with E-state index in [0.29, 0.717) is 19.5 Å². The Hall–Kier alpha value is -2.32. The molecule has 0 unspecified atom stereocenters. The summed E-state index contributed by atoms with van der Waals surface area (Å²) in [5.74, 6) is 2.60. The second-order valence-corrected chi connectivity index (χ2v) is 4.13. The number of aliphatic hydroxyl groups is 1. The zero-order valence-electron chi connectivity index (χ0n) is 10.6. The zero-order chi connectivity index (χ0) is 13.5. The number of aryl methyl sites for hydroxylation is 1. The third-order valence-electron chi connectivity index (χ3n) is 2.63. The second kappa shape index (κ2) is 6.57. The number of aliphatic hydroxyl groups excluding tert-OH is 1.